The van der Waals surface area contributed by atoms with Crippen molar-refractivity contribution in [3.05, 3.63) is 28.2 Å². The van der Waals surface area contributed by atoms with Crippen LogP contribution >= 0.6 is 15.9 Å². The molecule has 3 nitrogen and oxygen atoms in total. The van der Waals surface area contributed by atoms with E-state index in [1.807, 2.05) is 12.1 Å². The number of ether oxygens (including phenoxy) is 1. The van der Waals surface area contributed by atoms with Crippen molar-refractivity contribution in [1.29, 1.82) is 0 Å². The van der Waals surface area contributed by atoms with E-state index in [1.54, 1.807) is 13.2 Å². The smallest absolute Gasteiger partial charge is 0.252 e. The lowest BCUT2D eigenvalue weighted by atomic mass is 9.70. The zero-order valence-electron chi connectivity index (χ0n) is 10.8. The van der Waals surface area contributed by atoms with Gasteiger partial charge in [-0.2, -0.15) is 0 Å². The zero-order valence-corrected chi connectivity index (χ0v) is 12.3. The Morgan fingerprint density at radius 1 is 1.50 bits per heavy atom. The molecule has 0 radical (unpaired) electrons. The van der Waals surface area contributed by atoms with E-state index in [0.717, 1.165) is 11.0 Å². The monoisotopic (exact) mass is 311 g/mol. The molecule has 0 spiro atoms. The van der Waals surface area contributed by atoms with Crippen LogP contribution in [0, 0.1) is 5.41 Å². The van der Waals surface area contributed by atoms with Crippen LogP contribution in [0.25, 0.3) is 0 Å². The van der Waals surface area contributed by atoms with Crippen molar-refractivity contribution in [2.24, 2.45) is 5.41 Å². The van der Waals surface area contributed by atoms with Gasteiger partial charge < -0.3 is 10.1 Å². The van der Waals surface area contributed by atoms with Crippen LogP contribution in [-0.4, -0.2) is 19.6 Å². The van der Waals surface area contributed by atoms with Crippen molar-refractivity contribution in [3.8, 4) is 5.75 Å². The van der Waals surface area contributed by atoms with Crippen molar-refractivity contribution >= 4 is 21.8 Å². The highest BCUT2D eigenvalue weighted by atomic mass is 79.9. The summed E-state index contributed by atoms with van der Waals surface area (Å²) in [5.41, 5.74) is 0.915. The van der Waals surface area contributed by atoms with Gasteiger partial charge in [0.25, 0.3) is 5.91 Å². The van der Waals surface area contributed by atoms with Gasteiger partial charge in [-0.25, -0.2) is 0 Å². The lowest BCUT2D eigenvalue weighted by Crippen LogP contribution is -2.40. The second-order valence-electron chi connectivity index (χ2n) is 5.19. The first-order valence-electron chi connectivity index (χ1n) is 6.16. The van der Waals surface area contributed by atoms with E-state index in [4.69, 9.17) is 4.74 Å². The molecule has 1 fully saturated rings. The Hall–Kier alpha value is -1.03. The Morgan fingerprint density at radius 2 is 2.22 bits per heavy atom. The first-order valence-corrected chi connectivity index (χ1v) is 6.95. The summed E-state index contributed by atoms with van der Waals surface area (Å²) in [5, 5.41) is 3.01. The molecule has 0 aromatic heterocycles. The average molecular weight is 312 g/mol. The minimum atomic E-state index is -0.0473. The molecule has 1 aromatic rings. The highest BCUT2D eigenvalue weighted by molar-refractivity contribution is 9.10. The van der Waals surface area contributed by atoms with E-state index in [0.29, 0.717) is 16.7 Å². The van der Waals surface area contributed by atoms with Crippen LogP contribution in [0.2, 0.25) is 0 Å². The summed E-state index contributed by atoms with van der Waals surface area (Å²) in [4.78, 5) is 12.1. The van der Waals surface area contributed by atoms with E-state index in [9.17, 15) is 4.79 Å². The third-order valence-corrected chi connectivity index (χ3v) is 4.35. The van der Waals surface area contributed by atoms with Gasteiger partial charge >= 0.3 is 0 Å². The third kappa shape index (κ3) is 2.86. The number of nitrogens with one attached hydrogen (secondary N) is 1. The summed E-state index contributed by atoms with van der Waals surface area (Å²) < 4.78 is 5.93. The molecule has 1 saturated carbocycles. The largest absolute Gasteiger partial charge is 0.497 e. The Bertz CT molecular complexity index is 455. The quantitative estimate of drug-likeness (QED) is 0.925. The number of hydrogen-bond donors (Lipinski definition) is 1. The molecule has 0 unspecified atom stereocenters. The second-order valence-corrected chi connectivity index (χ2v) is 6.05. The minimum absolute atomic E-state index is 0.0473. The summed E-state index contributed by atoms with van der Waals surface area (Å²) in [5.74, 6) is 0.645. The zero-order chi connectivity index (χ0) is 13.2. The van der Waals surface area contributed by atoms with Gasteiger partial charge in [0.1, 0.15) is 5.75 Å². The first-order chi connectivity index (χ1) is 8.54. The maximum absolute atomic E-state index is 12.1. The number of methoxy groups -OCH3 is 1. The van der Waals surface area contributed by atoms with Gasteiger partial charge in [-0.1, -0.05) is 13.3 Å². The molecule has 0 atom stereocenters. The van der Waals surface area contributed by atoms with Crippen molar-refractivity contribution in [1.82, 2.24) is 5.32 Å². The SMILES string of the molecule is COc1ccc(Br)c(C(=O)NCC2(C)CCC2)c1. The van der Waals surface area contributed by atoms with Crippen molar-refractivity contribution < 1.29 is 9.53 Å². The number of rotatable bonds is 4. The summed E-state index contributed by atoms with van der Waals surface area (Å²) in [6, 6.07) is 5.41. The van der Waals surface area contributed by atoms with Crippen molar-refractivity contribution in [3.63, 3.8) is 0 Å². The highest BCUT2D eigenvalue weighted by Gasteiger charge is 2.32. The normalized spacial score (nSPS) is 16.8. The van der Waals surface area contributed by atoms with E-state index in [-0.39, 0.29) is 5.91 Å². The fraction of sp³-hybridized carbons (Fsp3) is 0.500. The minimum Gasteiger partial charge on any atom is -0.497 e. The summed E-state index contributed by atoms with van der Waals surface area (Å²) in [6.45, 7) is 2.97. The Labute approximate surface area is 116 Å². The van der Waals surface area contributed by atoms with Crippen LogP contribution in [0.3, 0.4) is 0 Å². The predicted molar refractivity (Wildman–Crippen MR) is 75.0 cm³/mol. The van der Waals surface area contributed by atoms with Crippen LogP contribution in [0.5, 0.6) is 5.75 Å². The molecule has 0 heterocycles. The molecule has 4 heteroatoms. The molecular weight excluding hydrogens is 294 g/mol. The average Bonchev–Trinajstić information content (AvgIpc) is 2.34. The molecule has 2 rings (SSSR count). The van der Waals surface area contributed by atoms with E-state index in [1.165, 1.54) is 19.3 Å². The lowest BCUT2D eigenvalue weighted by molar-refractivity contribution is 0.0889. The van der Waals surface area contributed by atoms with Gasteiger partial charge in [0, 0.05) is 11.0 Å². The van der Waals surface area contributed by atoms with Gasteiger partial charge in [0.05, 0.1) is 12.7 Å². The summed E-state index contributed by atoms with van der Waals surface area (Å²) >= 11 is 3.40. The summed E-state index contributed by atoms with van der Waals surface area (Å²) in [6.07, 6.45) is 3.67. The molecule has 1 aliphatic carbocycles. The molecule has 98 valence electrons. The van der Waals surface area contributed by atoms with E-state index in [2.05, 4.69) is 28.2 Å². The topological polar surface area (TPSA) is 38.3 Å². The van der Waals surface area contributed by atoms with Gasteiger partial charge in [-0.05, 0) is 52.4 Å². The molecule has 1 aliphatic rings. The van der Waals surface area contributed by atoms with Crippen molar-refractivity contribution in [2.75, 3.05) is 13.7 Å². The fourth-order valence-electron chi connectivity index (χ4n) is 2.15. The number of hydrogen-bond acceptors (Lipinski definition) is 2. The van der Waals surface area contributed by atoms with Crippen LogP contribution in [0.4, 0.5) is 0 Å². The van der Waals surface area contributed by atoms with Crippen LogP contribution in [0.1, 0.15) is 36.5 Å². The molecule has 0 saturated heterocycles. The van der Waals surface area contributed by atoms with Crippen LogP contribution < -0.4 is 10.1 Å². The van der Waals surface area contributed by atoms with Gasteiger partial charge in [0.15, 0.2) is 0 Å². The molecule has 18 heavy (non-hydrogen) atoms. The first kappa shape index (κ1) is 13.4. The standard InChI is InChI=1S/C14H18BrNO2/c1-14(6-3-7-14)9-16-13(17)11-8-10(18-2)4-5-12(11)15/h4-5,8H,3,6-7,9H2,1-2H3,(H,16,17). The Kier molecular flexibility index (Phi) is 3.95. The van der Waals surface area contributed by atoms with Gasteiger partial charge in [-0.3, -0.25) is 4.79 Å². The van der Waals surface area contributed by atoms with Crippen LogP contribution in [0.15, 0.2) is 22.7 Å². The van der Waals surface area contributed by atoms with E-state index < -0.39 is 0 Å². The van der Waals surface area contributed by atoms with Gasteiger partial charge in [-0.15, -0.1) is 0 Å². The number of amides is 1. The fourth-order valence-corrected chi connectivity index (χ4v) is 2.58. The lowest BCUT2D eigenvalue weighted by Gasteiger charge is -2.38. The van der Waals surface area contributed by atoms with Gasteiger partial charge in [0.2, 0.25) is 0 Å². The maximum atomic E-state index is 12.1. The number of halogens is 1. The molecular formula is C14H18BrNO2. The molecule has 1 amide bonds. The highest BCUT2D eigenvalue weighted by Crippen LogP contribution is 2.39. The molecule has 1 N–H and O–H groups in total. The van der Waals surface area contributed by atoms with Crippen molar-refractivity contribution in [2.45, 2.75) is 26.2 Å². The van der Waals surface area contributed by atoms with Crippen LogP contribution in [-0.2, 0) is 0 Å². The summed E-state index contributed by atoms with van der Waals surface area (Å²) in [7, 11) is 1.60. The molecule has 0 bridgehead atoms. The number of carbonyl (C=O) groups excluding carboxylic acids is 1. The Balaban J connectivity index is 2.03. The number of benzene rings is 1. The molecule has 0 aliphatic heterocycles. The third-order valence-electron chi connectivity index (χ3n) is 3.65. The van der Waals surface area contributed by atoms with E-state index >= 15 is 0 Å². The maximum Gasteiger partial charge on any atom is 0.252 e. The Morgan fingerprint density at radius 3 is 2.78 bits per heavy atom. The number of carbonyl (C=O) groups is 1. The molecule has 1 aromatic carbocycles. The predicted octanol–water partition coefficient (Wildman–Crippen LogP) is 3.38. The second kappa shape index (κ2) is 5.31.